The van der Waals surface area contributed by atoms with E-state index >= 15 is 0 Å². The lowest BCUT2D eigenvalue weighted by Gasteiger charge is -2.05. The molecule has 1 aromatic carbocycles. The molecule has 5 nitrogen and oxygen atoms in total. The molecule has 106 valence electrons. The number of rotatable bonds is 6. The second-order valence-corrected chi connectivity index (χ2v) is 4.37. The summed E-state index contributed by atoms with van der Waals surface area (Å²) in [6, 6.07) is 9.24. The molecule has 0 bridgehead atoms. The van der Waals surface area contributed by atoms with Crippen molar-refractivity contribution < 1.29 is 23.8 Å². The van der Waals surface area contributed by atoms with E-state index < -0.39 is 5.97 Å². The third-order valence-electron chi connectivity index (χ3n) is 2.81. The summed E-state index contributed by atoms with van der Waals surface area (Å²) < 4.78 is 15.8. The van der Waals surface area contributed by atoms with Gasteiger partial charge in [-0.15, -0.1) is 0 Å². The van der Waals surface area contributed by atoms with E-state index in [1.54, 1.807) is 20.1 Å². The van der Waals surface area contributed by atoms with Gasteiger partial charge >= 0.3 is 5.97 Å². The first kappa shape index (κ1) is 14.1. The van der Waals surface area contributed by atoms with Crippen molar-refractivity contribution in [2.75, 3.05) is 7.11 Å². The Balaban J connectivity index is 1.92. The fourth-order valence-corrected chi connectivity index (χ4v) is 1.86. The van der Waals surface area contributed by atoms with Gasteiger partial charge in [0.15, 0.2) is 0 Å². The summed E-state index contributed by atoms with van der Waals surface area (Å²) in [6.07, 6.45) is 0. The van der Waals surface area contributed by atoms with E-state index in [0.717, 1.165) is 11.3 Å². The van der Waals surface area contributed by atoms with Crippen molar-refractivity contribution in [2.24, 2.45) is 0 Å². The molecule has 0 fully saturated rings. The summed E-state index contributed by atoms with van der Waals surface area (Å²) in [6.45, 7) is 2.32. The molecule has 0 saturated carbocycles. The molecule has 2 aromatic rings. The van der Waals surface area contributed by atoms with Gasteiger partial charge in [0, 0.05) is 5.56 Å². The molecule has 1 N–H and O–H groups in total. The summed E-state index contributed by atoms with van der Waals surface area (Å²) in [5.41, 5.74) is 1.57. The third kappa shape index (κ3) is 3.39. The zero-order chi connectivity index (χ0) is 14.5. The lowest BCUT2D eigenvalue weighted by molar-refractivity contribution is 0.0639. The van der Waals surface area contributed by atoms with Crippen LogP contribution in [0.5, 0.6) is 5.75 Å². The van der Waals surface area contributed by atoms with Crippen LogP contribution in [0.2, 0.25) is 0 Å². The van der Waals surface area contributed by atoms with Crippen molar-refractivity contribution in [3.05, 3.63) is 53.0 Å². The largest absolute Gasteiger partial charge is 0.497 e. The first-order valence-corrected chi connectivity index (χ1v) is 6.13. The lowest BCUT2D eigenvalue weighted by Crippen LogP contribution is -1.95. The zero-order valence-corrected chi connectivity index (χ0v) is 11.4. The van der Waals surface area contributed by atoms with E-state index in [1.165, 1.54) is 0 Å². The van der Waals surface area contributed by atoms with E-state index in [4.69, 9.17) is 19.0 Å². The highest BCUT2D eigenvalue weighted by Crippen LogP contribution is 2.17. The Morgan fingerprint density at radius 3 is 2.75 bits per heavy atom. The van der Waals surface area contributed by atoms with Gasteiger partial charge in [0.05, 0.1) is 13.7 Å². The smallest absolute Gasteiger partial charge is 0.372 e. The average molecular weight is 276 g/mol. The van der Waals surface area contributed by atoms with Gasteiger partial charge in [-0.05, 0) is 30.7 Å². The second-order valence-electron chi connectivity index (χ2n) is 4.37. The van der Waals surface area contributed by atoms with Crippen LogP contribution in [0.1, 0.15) is 27.4 Å². The van der Waals surface area contributed by atoms with E-state index in [-0.39, 0.29) is 12.4 Å². The third-order valence-corrected chi connectivity index (χ3v) is 2.81. The maximum absolute atomic E-state index is 10.9. The van der Waals surface area contributed by atoms with Gasteiger partial charge in [0.2, 0.25) is 5.76 Å². The molecule has 0 radical (unpaired) electrons. The highest BCUT2D eigenvalue weighted by atomic mass is 16.5. The zero-order valence-electron chi connectivity index (χ0n) is 11.4. The molecule has 0 aliphatic carbocycles. The SMILES string of the molecule is COc1cccc(COCc2cc(C)c(C(=O)O)o2)c1. The van der Waals surface area contributed by atoms with Gasteiger partial charge in [0.1, 0.15) is 18.1 Å². The van der Waals surface area contributed by atoms with Crippen LogP contribution < -0.4 is 4.74 Å². The van der Waals surface area contributed by atoms with Crippen LogP contribution in [0.15, 0.2) is 34.7 Å². The predicted molar refractivity (Wildman–Crippen MR) is 71.9 cm³/mol. The van der Waals surface area contributed by atoms with Crippen molar-refractivity contribution in [1.29, 1.82) is 0 Å². The van der Waals surface area contributed by atoms with Crippen LogP contribution in [-0.4, -0.2) is 18.2 Å². The predicted octanol–water partition coefficient (Wildman–Crippen LogP) is 3.01. The highest BCUT2D eigenvalue weighted by molar-refractivity contribution is 5.86. The van der Waals surface area contributed by atoms with Crippen LogP contribution in [0, 0.1) is 6.92 Å². The molecule has 2 rings (SSSR count). The minimum Gasteiger partial charge on any atom is -0.497 e. The Morgan fingerprint density at radius 2 is 2.10 bits per heavy atom. The lowest BCUT2D eigenvalue weighted by atomic mass is 10.2. The fraction of sp³-hybridized carbons (Fsp3) is 0.267. The van der Waals surface area contributed by atoms with Crippen LogP contribution in [-0.2, 0) is 18.0 Å². The topological polar surface area (TPSA) is 68.9 Å². The Labute approximate surface area is 116 Å². The van der Waals surface area contributed by atoms with Gasteiger partial charge in [-0.3, -0.25) is 0 Å². The number of aromatic carboxylic acids is 1. The summed E-state index contributed by atoms with van der Waals surface area (Å²) in [5.74, 6) is 0.169. The number of aryl methyl sites for hydroxylation is 1. The van der Waals surface area contributed by atoms with Gasteiger partial charge in [-0.2, -0.15) is 0 Å². The number of carboxylic acid groups (broad SMARTS) is 1. The van der Waals surface area contributed by atoms with Crippen LogP contribution >= 0.6 is 0 Å². The first-order chi connectivity index (χ1) is 9.60. The van der Waals surface area contributed by atoms with E-state index in [1.807, 2.05) is 24.3 Å². The molecule has 1 heterocycles. The number of carboxylic acids is 1. The minimum atomic E-state index is -1.07. The molecule has 0 aliphatic heterocycles. The fourth-order valence-electron chi connectivity index (χ4n) is 1.86. The van der Waals surface area contributed by atoms with Crippen molar-refractivity contribution in [1.82, 2.24) is 0 Å². The number of benzene rings is 1. The number of carbonyl (C=O) groups is 1. The van der Waals surface area contributed by atoms with Gasteiger partial charge in [-0.25, -0.2) is 4.79 Å². The maximum atomic E-state index is 10.9. The number of hydrogen-bond acceptors (Lipinski definition) is 4. The van der Waals surface area contributed by atoms with Crippen molar-refractivity contribution in [3.8, 4) is 5.75 Å². The monoisotopic (exact) mass is 276 g/mol. The molecular weight excluding hydrogens is 260 g/mol. The molecule has 0 unspecified atom stereocenters. The van der Waals surface area contributed by atoms with Crippen molar-refractivity contribution in [2.45, 2.75) is 20.1 Å². The van der Waals surface area contributed by atoms with Gasteiger partial charge in [0.25, 0.3) is 0 Å². The number of furan rings is 1. The highest BCUT2D eigenvalue weighted by Gasteiger charge is 2.14. The molecule has 0 saturated heterocycles. The van der Waals surface area contributed by atoms with Crippen molar-refractivity contribution >= 4 is 5.97 Å². The summed E-state index contributed by atoms with van der Waals surface area (Å²) in [4.78, 5) is 10.9. The molecule has 20 heavy (non-hydrogen) atoms. The Hall–Kier alpha value is -2.27. The van der Waals surface area contributed by atoms with Gasteiger partial charge < -0.3 is 19.0 Å². The molecule has 1 aromatic heterocycles. The van der Waals surface area contributed by atoms with Crippen molar-refractivity contribution in [3.63, 3.8) is 0 Å². The van der Waals surface area contributed by atoms with Crippen LogP contribution in [0.3, 0.4) is 0 Å². The first-order valence-electron chi connectivity index (χ1n) is 6.13. The van der Waals surface area contributed by atoms with Gasteiger partial charge in [-0.1, -0.05) is 12.1 Å². The number of hydrogen-bond donors (Lipinski definition) is 1. The molecule has 0 atom stereocenters. The Morgan fingerprint density at radius 1 is 1.30 bits per heavy atom. The van der Waals surface area contributed by atoms with E-state index in [2.05, 4.69) is 0 Å². The average Bonchev–Trinajstić information content (AvgIpc) is 2.80. The van der Waals surface area contributed by atoms with E-state index in [9.17, 15) is 4.79 Å². The molecule has 5 heteroatoms. The molecule has 0 aliphatic rings. The summed E-state index contributed by atoms with van der Waals surface area (Å²) in [5, 5.41) is 8.89. The normalized spacial score (nSPS) is 10.5. The number of ether oxygens (including phenoxy) is 2. The second kappa shape index (κ2) is 6.25. The molecule has 0 spiro atoms. The van der Waals surface area contributed by atoms with Crippen LogP contribution in [0.4, 0.5) is 0 Å². The summed E-state index contributed by atoms with van der Waals surface area (Å²) in [7, 11) is 1.61. The van der Waals surface area contributed by atoms with E-state index in [0.29, 0.717) is 17.9 Å². The Kier molecular flexibility index (Phi) is 4.42. The van der Waals surface area contributed by atoms with Crippen LogP contribution in [0.25, 0.3) is 0 Å². The minimum absolute atomic E-state index is 0.0371. The summed E-state index contributed by atoms with van der Waals surface area (Å²) >= 11 is 0. The molecule has 0 amide bonds. The maximum Gasteiger partial charge on any atom is 0.372 e. The Bertz CT molecular complexity index is 600. The standard InChI is InChI=1S/C15H16O5/c1-10-6-13(20-14(10)15(16)17)9-19-8-11-4-3-5-12(7-11)18-2/h3-7H,8-9H2,1-2H3,(H,16,17). The molecular formula is C15H16O5. The quantitative estimate of drug-likeness (QED) is 0.878. The number of methoxy groups -OCH3 is 1.